The normalized spacial score (nSPS) is 14.7. The molecule has 1 aromatic heterocycles. The molecule has 1 aromatic carbocycles. The lowest BCUT2D eigenvalue weighted by Crippen LogP contribution is -2.33. The van der Waals surface area contributed by atoms with E-state index >= 15 is 0 Å². The summed E-state index contributed by atoms with van der Waals surface area (Å²) >= 11 is 0. The van der Waals surface area contributed by atoms with Gasteiger partial charge in [-0.25, -0.2) is 4.39 Å². The number of fused-ring (bicyclic) bond motifs is 1. The van der Waals surface area contributed by atoms with Crippen LogP contribution < -0.4 is 5.32 Å². The SMILES string of the molecule is COCCNC(C)C(C)c1cc2cc(F)ccc2o1. The van der Waals surface area contributed by atoms with Crippen LogP contribution >= 0.6 is 0 Å². The maximum Gasteiger partial charge on any atom is 0.134 e. The topological polar surface area (TPSA) is 34.4 Å². The van der Waals surface area contributed by atoms with Crippen LogP contribution in [0.3, 0.4) is 0 Å². The van der Waals surface area contributed by atoms with Gasteiger partial charge in [0.25, 0.3) is 0 Å². The monoisotopic (exact) mass is 265 g/mol. The molecule has 0 aliphatic heterocycles. The van der Waals surface area contributed by atoms with Crippen LogP contribution in [0.5, 0.6) is 0 Å². The van der Waals surface area contributed by atoms with Crippen molar-refractivity contribution < 1.29 is 13.5 Å². The molecule has 2 atom stereocenters. The van der Waals surface area contributed by atoms with E-state index in [0.717, 1.165) is 23.3 Å². The van der Waals surface area contributed by atoms with Crippen molar-refractivity contribution in [1.29, 1.82) is 0 Å². The molecular weight excluding hydrogens is 245 g/mol. The maximum atomic E-state index is 13.1. The van der Waals surface area contributed by atoms with Gasteiger partial charge in [0, 0.05) is 31.0 Å². The Hall–Kier alpha value is -1.39. The van der Waals surface area contributed by atoms with Crippen molar-refractivity contribution in [2.24, 2.45) is 0 Å². The summed E-state index contributed by atoms with van der Waals surface area (Å²) in [5, 5.41) is 4.19. The molecule has 104 valence electrons. The van der Waals surface area contributed by atoms with Gasteiger partial charge in [-0.2, -0.15) is 0 Å². The zero-order chi connectivity index (χ0) is 13.8. The Balaban J connectivity index is 2.10. The number of rotatable bonds is 6. The average molecular weight is 265 g/mol. The summed E-state index contributed by atoms with van der Waals surface area (Å²) in [5.41, 5.74) is 0.729. The fourth-order valence-corrected chi connectivity index (χ4v) is 2.07. The Labute approximate surface area is 112 Å². The van der Waals surface area contributed by atoms with Crippen molar-refractivity contribution >= 4 is 11.0 Å². The van der Waals surface area contributed by atoms with Gasteiger partial charge in [-0.05, 0) is 31.2 Å². The standard InChI is InChI=1S/C15H20FNO2/c1-10(11(2)17-6-7-18-3)15-9-12-8-13(16)4-5-14(12)19-15/h4-5,8-11,17H,6-7H2,1-3H3. The second-order valence-corrected chi connectivity index (χ2v) is 4.86. The van der Waals surface area contributed by atoms with E-state index in [2.05, 4.69) is 19.2 Å². The Morgan fingerprint density at radius 3 is 2.84 bits per heavy atom. The largest absolute Gasteiger partial charge is 0.461 e. The Morgan fingerprint density at radius 2 is 2.11 bits per heavy atom. The van der Waals surface area contributed by atoms with Crippen molar-refractivity contribution in [2.45, 2.75) is 25.8 Å². The molecular formula is C15H20FNO2. The third kappa shape index (κ3) is 3.33. The summed E-state index contributed by atoms with van der Waals surface area (Å²) in [5.74, 6) is 0.851. The van der Waals surface area contributed by atoms with E-state index in [9.17, 15) is 4.39 Å². The van der Waals surface area contributed by atoms with Crippen LogP contribution in [0, 0.1) is 5.82 Å². The average Bonchev–Trinajstić information content (AvgIpc) is 2.80. The maximum absolute atomic E-state index is 13.1. The lowest BCUT2D eigenvalue weighted by molar-refractivity contribution is 0.194. The van der Waals surface area contributed by atoms with Crippen molar-refractivity contribution in [3.8, 4) is 0 Å². The summed E-state index contributed by atoms with van der Waals surface area (Å²) in [6, 6.07) is 6.76. The predicted molar refractivity (Wildman–Crippen MR) is 73.9 cm³/mol. The minimum absolute atomic E-state index is 0.215. The highest BCUT2D eigenvalue weighted by molar-refractivity contribution is 5.78. The van der Waals surface area contributed by atoms with Crippen LogP contribution in [0.1, 0.15) is 25.5 Å². The van der Waals surface area contributed by atoms with Gasteiger partial charge < -0.3 is 14.5 Å². The third-order valence-electron chi connectivity index (χ3n) is 3.47. The van der Waals surface area contributed by atoms with Crippen molar-refractivity contribution in [3.63, 3.8) is 0 Å². The third-order valence-corrected chi connectivity index (χ3v) is 3.47. The van der Waals surface area contributed by atoms with Crippen molar-refractivity contribution in [2.75, 3.05) is 20.3 Å². The van der Waals surface area contributed by atoms with E-state index in [1.807, 2.05) is 6.07 Å². The Morgan fingerprint density at radius 1 is 1.32 bits per heavy atom. The molecule has 2 unspecified atom stereocenters. The first kappa shape index (κ1) is 14.0. The number of hydrogen-bond donors (Lipinski definition) is 1. The van der Waals surface area contributed by atoms with Gasteiger partial charge in [0.2, 0.25) is 0 Å². The molecule has 19 heavy (non-hydrogen) atoms. The van der Waals surface area contributed by atoms with Crippen molar-refractivity contribution in [1.82, 2.24) is 5.32 Å². The van der Waals surface area contributed by atoms with Gasteiger partial charge in [-0.3, -0.25) is 0 Å². The number of ether oxygens (including phenoxy) is 1. The zero-order valence-electron chi connectivity index (χ0n) is 11.6. The van der Waals surface area contributed by atoms with Crippen molar-refractivity contribution in [3.05, 3.63) is 35.8 Å². The predicted octanol–water partition coefficient (Wildman–Crippen LogP) is 3.30. The van der Waals surface area contributed by atoms with Gasteiger partial charge in [0.15, 0.2) is 0 Å². The lowest BCUT2D eigenvalue weighted by atomic mass is 10.0. The molecule has 0 saturated heterocycles. The first-order valence-electron chi connectivity index (χ1n) is 6.53. The molecule has 2 rings (SSSR count). The molecule has 0 aliphatic rings. The van der Waals surface area contributed by atoms with Gasteiger partial charge in [-0.15, -0.1) is 0 Å². The number of benzene rings is 1. The molecule has 3 nitrogen and oxygen atoms in total. The van der Waals surface area contributed by atoms with Gasteiger partial charge in [0.05, 0.1) is 6.61 Å². The molecule has 0 saturated carbocycles. The number of methoxy groups -OCH3 is 1. The van der Waals surface area contributed by atoms with E-state index < -0.39 is 0 Å². The summed E-state index contributed by atoms with van der Waals surface area (Å²) in [4.78, 5) is 0. The second kappa shape index (κ2) is 6.17. The van der Waals surface area contributed by atoms with Gasteiger partial charge in [-0.1, -0.05) is 6.92 Å². The number of furan rings is 1. The highest BCUT2D eigenvalue weighted by Gasteiger charge is 2.18. The quantitative estimate of drug-likeness (QED) is 0.814. The molecule has 0 spiro atoms. The fourth-order valence-electron chi connectivity index (χ4n) is 2.07. The molecule has 1 heterocycles. The van der Waals surface area contributed by atoms with Crippen LogP contribution in [0.2, 0.25) is 0 Å². The summed E-state index contributed by atoms with van der Waals surface area (Å²) in [6.45, 7) is 5.69. The van der Waals surface area contributed by atoms with Gasteiger partial charge >= 0.3 is 0 Å². The lowest BCUT2D eigenvalue weighted by Gasteiger charge is -2.19. The van der Waals surface area contributed by atoms with E-state index in [1.54, 1.807) is 13.2 Å². The van der Waals surface area contributed by atoms with E-state index in [1.165, 1.54) is 12.1 Å². The molecule has 0 aliphatic carbocycles. The molecule has 4 heteroatoms. The first-order valence-corrected chi connectivity index (χ1v) is 6.53. The van der Waals surface area contributed by atoms with Crippen LogP contribution in [-0.4, -0.2) is 26.3 Å². The summed E-state index contributed by atoms with van der Waals surface area (Å²) < 4.78 is 23.9. The molecule has 1 N–H and O–H groups in total. The summed E-state index contributed by atoms with van der Waals surface area (Å²) in [7, 11) is 1.68. The van der Waals surface area contributed by atoms with Crippen LogP contribution in [-0.2, 0) is 4.74 Å². The van der Waals surface area contributed by atoms with E-state index in [-0.39, 0.29) is 17.8 Å². The molecule has 0 fully saturated rings. The number of halogens is 1. The Bertz CT molecular complexity index is 538. The summed E-state index contributed by atoms with van der Waals surface area (Å²) in [6.07, 6.45) is 0. The fraction of sp³-hybridized carbons (Fsp3) is 0.467. The Kier molecular flexibility index (Phi) is 4.56. The highest BCUT2D eigenvalue weighted by Crippen LogP contribution is 2.27. The van der Waals surface area contributed by atoms with Gasteiger partial charge in [0.1, 0.15) is 17.2 Å². The number of nitrogens with one attached hydrogen (secondary N) is 1. The highest BCUT2D eigenvalue weighted by atomic mass is 19.1. The minimum Gasteiger partial charge on any atom is -0.461 e. The van der Waals surface area contributed by atoms with Crippen LogP contribution in [0.25, 0.3) is 11.0 Å². The smallest absolute Gasteiger partial charge is 0.134 e. The first-order chi connectivity index (χ1) is 9.11. The molecule has 0 radical (unpaired) electrons. The molecule has 0 amide bonds. The molecule has 0 bridgehead atoms. The zero-order valence-corrected chi connectivity index (χ0v) is 11.6. The van der Waals surface area contributed by atoms with E-state index in [0.29, 0.717) is 6.61 Å². The molecule has 2 aromatic rings. The van der Waals surface area contributed by atoms with E-state index in [4.69, 9.17) is 9.15 Å². The minimum atomic E-state index is -0.237. The van der Waals surface area contributed by atoms with Crippen LogP contribution in [0.15, 0.2) is 28.7 Å². The van der Waals surface area contributed by atoms with Crippen LogP contribution in [0.4, 0.5) is 4.39 Å². The number of hydrogen-bond acceptors (Lipinski definition) is 3. The second-order valence-electron chi connectivity index (χ2n) is 4.86.